The van der Waals surface area contributed by atoms with Gasteiger partial charge in [0.2, 0.25) is 0 Å². The first-order chi connectivity index (χ1) is 9.20. The molecule has 20 heavy (non-hydrogen) atoms. The third-order valence-electron chi connectivity index (χ3n) is 2.04. The molecule has 4 N–H and O–H groups in total. The Bertz CT molecular complexity index is 289. The molecule has 0 fully saturated rings. The summed E-state index contributed by atoms with van der Waals surface area (Å²) in [7, 11) is 0. The smallest absolute Gasteiger partial charge is 0.154 e. The van der Waals surface area contributed by atoms with Gasteiger partial charge in [-0.1, -0.05) is 42.1 Å². The Hall–Kier alpha value is -0.400. The van der Waals surface area contributed by atoms with Crippen LogP contribution < -0.4 is 11.5 Å². The summed E-state index contributed by atoms with van der Waals surface area (Å²) in [5.74, 6) is 2.02. The minimum atomic E-state index is 0. The number of hydrogen-bond donors (Lipinski definition) is 2. The molecule has 0 atom stereocenters. The van der Waals surface area contributed by atoms with Crippen molar-refractivity contribution in [3.8, 4) is 0 Å². The second-order valence-electron chi connectivity index (χ2n) is 3.69. The molecule has 4 nitrogen and oxygen atoms in total. The average Bonchev–Trinajstić information content (AvgIpc) is 2.41. The summed E-state index contributed by atoms with van der Waals surface area (Å²) in [5.41, 5.74) is 11.4. The lowest BCUT2D eigenvalue weighted by molar-refractivity contribution is 0.787. The van der Waals surface area contributed by atoms with Gasteiger partial charge in [-0.3, -0.25) is 9.98 Å². The molecule has 0 aliphatic rings. The van der Waals surface area contributed by atoms with Gasteiger partial charge in [0.25, 0.3) is 0 Å². The van der Waals surface area contributed by atoms with Crippen LogP contribution in [0.5, 0.6) is 0 Å². The van der Waals surface area contributed by atoms with Gasteiger partial charge in [-0.15, -0.1) is 30.1 Å². The van der Waals surface area contributed by atoms with Crippen molar-refractivity contribution < 1.29 is 0 Å². The largest absolute Gasteiger partial charge is 0.379 e. The van der Waals surface area contributed by atoms with Gasteiger partial charge >= 0.3 is 0 Å². The molecular weight excluding hydrogens is 356 g/mol. The second kappa shape index (κ2) is 16.7. The molecule has 0 bridgehead atoms. The molecule has 0 aromatic rings. The van der Waals surface area contributed by atoms with Gasteiger partial charge in [-0.2, -0.15) is 0 Å². The number of halogens is 1. The highest BCUT2D eigenvalue weighted by Gasteiger charge is 1.96. The van der Waals surface area contributed by atoms with E-state index in [4.69, 9.17) is 11.5 Å². The van der Waals surface area contributed by atoms with Crippen molar-refractivity contribution >= 4 is 50.8 Å². The first kappa shape index (κ1) is 21.9. The molecule has 0 unspecified atom stereocenters. The van der Waals surface area contributed by atoms with Crippen molar-refractivity contribution in [2.24, 2.45) is 21.5 Å². The van der Waals surface area contributed by atoms with Crippen LogP contribution in [0.4, 0.5) is 0 Å². The van der Waals surface area contributed by atoms with Gasteiger partial charge in [0.05, 0.1) is 13.1 Å². The number of thioether (sulfide) groups is 2. The summed E-state index contributed by atoms with van der Waals surface area (Å²) in [5, 5.41) is 1.30. The van der Waals surface area contributed by atoms with Crippen LogP contribution >= 0.6 is 40.5 Å². The number of amidine groups is 2. The number of nitrogens with zero attached hydrogens (tertiary/aromatic N) is 2. The van der Waals surface area contributed by atoms with E-state index in [9.17, 15) is 0 Å². The first-order valence-corrected chi connectivity index (χ1v) is 8.25. The SMILES string of the molecule is Br.C=CCN=C(N)SCCCCCSC(N)=NCC=C. The van der Waals surface area contributed by atoms with E-state index >= 15 is 0 Å². The van der Waals surface area contributed by atoms with Crippen molar-refractivity contribution in [3.63, 3.8) is 0 Å². The van der Waals surface area contributed by atoms with Gasteiger partial charge < -0.3 is 11.5 Å². The van der Waals surface area contributed by atoms with E-state index in [1.54, 1.807) is 35.7 Å². The van der Waals surface area contributed by atoms with Crippen LogP contribution in [0, 0.1) is 0 Å². The standard InChI is InChI=1S/C13H24N4S2.BrH/c1-3-8-16-12(14)18-10-6-5-7-11-19-13(15)17-9-4-2;/h3-4H,1-2,5-11H2,(H2,14,16)(H2,15,17);1H. The zero-order valence-electron chi connectivity index (χ0n) is 11.8. The molecule has 0 aliphatic carbocycles. The van der Waals surface area contributed by atoms with Gasteiger partial charge in [0.1, 0.15) is 0 Å². The monoisotopic (exact) mass is 380 g/mol. The third kappa shape index (κ3) is 15.7. The highest BCUT2D eigenvalue weighted by molar-refractivity contribution is 8.93. The summed E-state index contributed by atoms with van der Waals surface area (Å²) < 4.78 is 0. The van der Waals surface area contributed by atoms with Crippen LogP contribution in [-0.4, -0.2) is 34.9 Å². The minimum Gasteiger partial charge on any atom is -0.379 e. The van der Waals surface area contributed by atoms with Gasteiger partial charge in [0.15, 0.2) is 10.3 Å². The third-order valence-corrected chi connectivity index (χ3v) is 3.88. The number of aliphatic imine (C=N–C) groups is 2. The van der Waals surface area contributed by atoms with E-state index in [0.29, 0.717) is 23.4 Å². The van der Waals surface area contributed by atoms with Crippen LogP contribution in [0.2, 0.25) is 0 Å². The molecule has 0 saturated heterocycles. The van der Waals surface area contributed by atoms with Crippen LogP contribution in [0.25, 0.3) is 0 Å². The second-order valence-corrected chi connectivity index (χ2v) is 5.92. The lowest BCUT2D eigenvalue weighted by atomic mass is 10.3. The van der Waals surface area contributed by atoms with Crippen molar-refractivity contribution in [2.75, 3.05) is 24.6 Å². The lowest BCUT2D eigenvalue weighted by Gasteiger charge is -2.02. The fourth-order valence-corrected chi connectivity index (χ4v) is 2.58. The van der Waals surface area contributed by atoms with Crippen LogP contribution in [0.1, 0.15) is 19.3 Å². The topological polar surface area (TPSA) is 76.8 Å². The summed E-state index contributed by atoms with van der Waals surface area (Å²) >= 11 is 3.21. The van der Waals surface area contributed by atoms with E-state index in [1.807, 2.05) is 0 Å². The van der Waals surface area contributed by atoms with Crippen molar-refractivity contribution in [3.05, 3.63) is 25.3 Å². The molecule has 116 valence electrons. The van der Waals surface area contributed by atoms with Crippen molar-refractivity contribution in [1.29, 1.82) is 0 Å². The quantitative estimate of drug-likeness (QED) is 0.264. The first-order valence-electron chi connectivity index (χ1n) is 6.28. The molecule has 0 heterocycles. The van der Waals surface area contributed by atoms with E-state index in [-0.39, 0.29) is 17.0 Å². The molecule has 0 spiro atoms. The molecular formula is C13H25BrN4S2. The van der Waals surface area contributed by atoms with E-state index in [2.05, 4.69) is 23.1 Å². The van der Waals surface area contributed by atoms with E-state index in [0.717, 1.165) is 24.3 Å². The Morgan fingerprint density at radius 3 is 1.60 bits per heavy atom. The Morgan fingerprint density at radius 1 is 0.850 bits per heavy atom. The molecule has 0 radical (unpaired) electrons. The predicted octanol–water partition coefficient (Wildman–Crippen LogP) is 3.20. The van der Waals surface area contributed by atoms with E-state index in [1.165, 1.54) is 6.42 Å². The van der Waals surface area contributed by atoms with Gasteiger partial charge in [-0.05, 0) is 12.8 Å². The Morgan fingerprint density at radius 2 is 1.25 bits per heavy atom. The predicted molar refractivity (Wildman–Crippen MR) is 102 cm³/mol. The molecule has 0 amide bonds. The van der Waals surface area contributed by atoms with Gasteiger partial charge in [-0.25, -0.2) is 0 Å². The maximum Gasteiger partial charge on any atom is 0.154 e. The van der Waals surface area contributed by atoms with E-state index < -0.39 is 0 Å². The Labute approximate surface area is 141 Å². The summed E-state index contributed by atoms with van der Waals surface area (Å²) in [6, 6.07) is 0. The zero-order chi connectivity index (χ0) is 14.3. The number of hydrogen-bond acceptors (Lipinski definition) is 4. The Kier molecular flexibility index (Phi) is 18.2. The van der Waals surface area contributed by atoms with Gasteiger partial charge in [0, 0.05) is 11.5 Å². The molecule has 0 aromatic heterocycles. The molecule has 7 heteroatoms. The maximum atomic E-state index is 5.71. The number of nitrogens with two attached hydrogens (primary N) is 2. The Balaban J connectivity index is 0. The average molecular weight is 381 g/mol. The highest BCUT2D eigenvalue weighted by atomic mass is 79.9. The normalized spacial score (nSPS) is 11.8. The van der Waals surface area contributed by atoms with Crippen molar-refractivity contribution in [1.82, 2.24) is 0 Å². The molecule has 0 rings (SSSR count). The maximum absolute atomic E-state index is 5.71. The molecule has 0 aromatic carbocycles. The summed E-state index contributed by atoms with van der Waals surface area (Å²) in [6.07, 6.45) is 6.92. The fraction of sp³-hybridized carbons (Fsp3) is 0.538. The van der Waals surface area contributed by atoms with Crippen LogP contribution in [0.15, 0.2) is 35.3 Å². The molecule has 0 aliphatic heterocycles. The molecule has 0 saturated carbocycles. The summed E-state index contributed by atoms with van der Waals surface area (Å²) in [6.45, 7) is 8.38. The minimum absolute atomic E-state index is 0. The van der Waals surface area contributed by atoms with Crippen molar-refractivity contribution in [2.45, 2.75) is 19.3 Å². The zero-order valence-corrected chi connectivity index (χ0v) is 15.1. The summed E-state index contributed by atoms with van der Waals surface area (Å²) in [4.78, 5) is 8.25. The lowest BCUT2D eigenvalue weighted by Crippen LogP contribution is -2.08. The fourth-order valence-electron chi connectivity index (χ4n) is 1.13. The number of rotatable bonds is 10. The van der Waals surface area contributed by atoms with Crippen LogP contribution in [0.3, 0.4) is 0 Å². The van der Waals surface area contributed by atoms with Crippen LogP contribution in [-0.2, 0) is 0 Å². The number of unbranched alkanes of at least 4 members (excludes halogenated alkanes) is 2. The highest BCUT2D eigenvalue weighted by Crippen LogP contribution is 2.10.